The van der Waals surface area contributed by atoms with Crippen molar-refractivity contribution in [3.63, 3.8) is 0 Å². The fourth-order valence-corrected chi connectivity index (χ4v) is 2.15. The van der Waals surface area contributed by atoms with Crippen LogP contribution >= 0.6 is 0 Å². The van der Waals surface area contributed by atoms with Crippen LogP contribution in [0, 0.1) is 0 Å². The molecule has 1 aliphatic rings. The Hall–Kier alpha value is -2.96. The molecule has 0 unspecified atom stereocenters. The van der Waals surface area contributed by atoms with E-state index in [1.165, 1.54) is 30.3 Å². The Labute approximate surface area is 132 Å². The van der Waals surface area contributed by atoms with Gasteiger partial charge in [-0.1, -0.05) is 24.3 Å². The standard InChI is InChI=1S/C16H16N2O5/c1-16(2,3)18-13(20)11(12(19)17-15(18)23)8-9-4-6-10(7-5-9)14(21)22/h4-8H,1-3H3,(H,21,22)(H,17,19,23)/p-1/b11-8-. The second-order valence-electron chi connectivity index (χ2n) is 6.04. The van der Waals surface area contributed by atoms with Crippen molar-refractivity contribution >= 4 is 29.9 Å². The largest absolute Gasteiger partial charge is 0.545 e. The summed E-state index contributed by atoms with van der Waals surface area (Å²) < 4.78 is 0. The topological polar surface area (TPSA) is 107 Å². The molecule has 1 saturated heterocycles. The van der Waals surface area contributed by atoms with Crippen molar-refractivity contribution in [2.75, 3.05) is 0 Å². The number of barbiturate groups is 1. The van der Waals surface area contributed by atoms with Gasteiger partial charge in [0.1, 0.15) is 5.57 Å². The third-order valence-electron chi connectivity index (χ3n) is 3.23. The molecule has 0 aliphatic carbocycles. The van der Waals surface area contributed by atoms with Gasteiger partial charge < -0.3 is 9.90 Å². The minimum atomic E-state index is -1.32. The maximum absolute atomic E-state index is 12.4. The van der Waals surface area contributed by atoms with Gasteiger partial charge in [0.25, 0.3) is 11.8 Å². The maximum atomic E-state index is 12.4. The van der Waals surface area contributed by atoms with Crippen LogP contribution in [0.3, 0.4) is 0 Å². The molecule has 0 spiro atoms. The minimum absolute atomic E-state index is 0.0157. The van der Waals surface area contributed by atoms with Crippen LogP contribution in [-0.2, 0) is 9.59 Å². The van der Waals surface area contributed by atoms with Gasteiger partial charge >= 0.3 is 6.03 Å². The zero-order valence-electron chi connectivity index (χ0n) is 12.9. The molecule has 1 fully saturated rings. The summed E-state index contributed by atoms with van der Waals surface area (Å²) >= 11 is 0. The van der Waals surface area contributed by atoms with Crippen LogP contribution in [0.4, 0.5) is 4.79 Å². The molecule has 1 aromatic rings. The molecular weight excluding hydrogens is 300 g/mol. The van der Waals surface area contributed by atoms with Gasteiger partial charge in [0, 0.05) is 5.54 Å². The second-order valence-corrected chi connectivity index (χ2v) is 6.04. The van der Waals surface area contributed by atoms with Gasteiger partial charge in [0.15, 0.2) is 0 Å². The molecule has 23 heavy (non-hydrogen) atoms. The Morgan fingerprint density at radius 2 is 1.70 bits per heavy atom. The summed E-state index contributed by atoms with van der Waals surface area (Å²) in [5, 5.41) is 12.8. The van der Waals surface area contributed by atoms with Crippen molar-refractivity contribution in [1.29, 1.82) is 0 Å². The number of imide groups is 2. The number of carboxylic acids is 1. The molecule has 0 bridgehead atoms. The van der Waals surface area contributed by atoms with Gasteiger partial charge in [-0.3, -0.25) is 19.8 Å². The van der Waals surface area contributed by atoms with E-state index in [1.807, 2.05) is 0 Å². The molecule has 2 rings (SSSR count). The average Bonchev–Trinajstić information content (AvgIpc) is 2.42. The third kappa shape index (κ3) is 3.28. The quantitative estimate of drug-likeness (QED) is 0.624. The van der Waals surface area contributed by atoms with Crippen molar-refractivity contribution in [3.8, 4) is 0 Å². The molecule has 0 atom stereocenters. The number of benzene rings is 1. The van der Waals surface area contributed by atoms with Crippen molar-refractivity contribution in [2.45, 2.75) is 26.3 Å². The van der Waals surface area contributed by atoms with Crippen LogP contribution in [0.5, 0.6) is 0 Å². The van der Waals surface area contributed by atoms with Crippen LogP contribution in [0.15, 0.2) is 29.8 Å². The van der Waals surface area contributed by atoms with E-state index < -0.39 is 29.4 Å². The summed E-state index contributed by atoms with van der Waals surface area (Å²) in [5.74, 6) is -2.81. The Bertz CT molecular complexity index is 726. The molecular formula is C16H15N2O5-. The molecule has 1 aromatic carbocycles. The van der Waals surface area contributed by atoms with Crippen LogP contribution in [-0.4, -0.2) is 34.3 Å². The van der Waals surface area contributed by atoms with Gasteiger partial charge in [-0.15, -0.1) is 0 Å². The first-order chi connectivity index (χ1) is 10.6. The molecule has 1 aliphatic heterocycles. The fourth-order valence-electron chi connectivity index (χ4n) is 2.15. The Kier molecular flexibility index (Phi) is 4.05. The van der Waals surface area contributed by atoms with E-state index in [0.29, 0.717) is 5.56 Å². The van der Waals surface area contributed by atoms with E-state index >= 15 is 0 Å². The number of nitrogens with one attached hydrogen (secondary N) is 1. The average molecular weight is 315 g/mol. The lowest BCUT2D eigenvalue weighted by Crippen LogP contribution is -2.60. The minimum Gasteiger partial charge on any atom is -0.545 e. The van der Waals surface area contributed by atoms with Crippen molar-refractivity contribution in [1.82, 2.24) is 10.2 Å². The second kappa shape index (κ2) is 5.68. The number of hydrogen-bond acceptors (Lipinski definition) is 5. The van der Waals surface area contributed by atoms with E-state index in [1.54, 1.807) is 20.8 Å². The number of carboxylic acid groups (broad SMARTS) is 1. The maximum Gasteiger partial charge on any atom is 0.331 e. The predicted molar refractivity (Wildman–Crippen MR) is 78.9 cm³/mol. The first-order valence-corrected chi connectivity index (χ1v) is 6.84. The zero-order chi connectivity index (χ0) is 17.4. The lowest BCUT2D eigenvalue weighted by Gasteiger charge is -2.36. The Morgan fingerprint density at radius 1 is 1.13 bits per heavy atom. The predicted octanol–water partition coefficient (Wildman–Crippen LogP) is 0.310. The normalized spacial score (nSPS) is 17.4. The fraction of sp³-hybridized carbons (Fsp3) is 0.250. The smallest absolute Gasteiger partial charge is 0.331 e. The van der Waals surface area contributed by atoms with E-state index in [2.05, 4.69) is 5.32 Å². The molecule has 1 N–H and O–H groups in total. The summed E-state index contributed by atoms with van der Waals surface area (Å²) in [4.78, 5) is 47.9. The van der Waals surface area contributed by atoms with E-state index in [0.717, 1.165) is 4.90 Å². The van der Waals surface area contributed by atoms with Crippen molar-refractivity contribution in [3.05, 3.63) is 41.0 Å². The van der Waals surface area contributed by atoms with Gasteiger partial charge in [0.05, 0.1) is 5.97 Å². The molecule has 1 heterocycles. The summed E-state index contributed by atoms with van der Waals surface area (Å²) in [6.45, 7) is 5.02. The van der Waals surface area contributed by atoms with Crippen LogP contribution in [0.25, 0.3) is 6.08 Å². The third-order valence-corrected chi connectivity index (χ3v) is 3.23. The summed E-state index contributed by atoms with van der Waals surface area (Å²) in [7, 11) is 0. The molecule has 120 valence electrons. The number of urea groups is 1. The Balaban J connectivity index is 2.40. The van der Waals surface area contributed by atoms with Gasteiger partial charge in [-0.25, -0.2) is 4.79 Å². The first-order valence-electron chi connectivity index (χ1n) is 6.84. The highest BCUT2D eigenvalue weighted by atomic mass is 16.4. The highest BCUT2D eigenvalue weighted by Crippen LogP contribution is 2.22. The lowest BCUT2D eigenvalue weighted by molar-refractivity contribution is -0.255. The molecule has 0 saturated carbocycles. The summed E-state index contributed by atoms with van der Waals surface area (Å²) in [6.07, 6.45) is 1.31. The monoisotopic (exact) mass is 315 g/mol. The van der Waals surface area contributed by atoms with Gasteiger partial charge in [-0.05, 0) is 38.0 Å². The van der Waals surface area contributed by atoms with E-state index in [-0.39, 0.29) is 11.1 Å². The van der Waals surface area contributed by atoms with Gasteiger partial charge in [0.2, 0.25) is 0 Å². The summed E-state index contributed by atoms with van der Waals surface area (Å²) in [5.41, 5.74) is -0.546. The molecule has 4 amide bonds. The molecule has 7 heteroatoms. The van der Waals surface area contributed by atoms with E-state index in [9.17, 15) is 24.3 Å². The highest BCUT2D eigenvalue weighted by molar-refractivity contribution is 6.31. The SMILES string of the molecule is CC(C)(C)N1C(=O)NC(=O)/C(=C/c2ccc(C(=O)[O-])cc2)C1=O. The van der Waals surface area contributed by atoms with Crippen LogP contribution in [0.2, 0.25) is 0 Å². The van der Waals surface area contributed by atoms with Crippen LogP contribution < -0.4 is 10.4 Å². The highest BCUT2D eigenvalue weighted by Gasteiger charge is 2.41. The summed E-state index contributed by atoms with van der Waals surface area (Å²) in [6, 6.07) is 4.73. The first kappa shape index (κ1) is 16.4. The number of hydrogen-bond donors (Lipinski definition) is 1. The molecule has 7 nitrogen and oxygen atoms in total. The number of rotatable bonds is 2. The van der Waals surface area contributed by atoms with Crippen LogP contribution in [0.1, 0.15) is 36.7 Å². The van der Waals surface area contributed by atoms with Crippen molar-refractivity contribution in [2.24, 2.45) is 0 Å². The molecule has 0 radical (unpaired) electrons. The number of carbonyl (C=O) groups excluding carboxylic acids is 4. The lowest BCUT2D eigenvalue weighted by atomic mass is 10.0. The number of amides is 4. The van der Waals surface area contributed by atoms with E-state index in [4.69, 9.17) is 0 Å². The number of nitrogens with zero attached hydrogens (tertiary/aromatic N) is 1. The number of aromatic carboxylic acids is 1. The van der Waals surface area contributed by atoms with Gasteiger partial charge in [-0.2, -0.15) is 0 Å². The van der Waals surface area contributed by atoms with Crippen molar-refractivity contribution < 1.29 is 24.3 Å². The number of carbonyl (C=O) groups is 4. The Morgan fingerprint density at radius 3 is 2.17 bits per heavy atom. The molecule has 0 aromatic heterocycles. The zero-order valence-corrected chi connectivity index (χ0v) is 12.9.